The summed E-state index contributed by atoms with van der Waals surface area (Å²) in [4.78, 5) is 0. The van der Waals surface area contributed by atoms with Crippen molar-refractivity contribution in [1.82, 2.24) is 8.80 Å². The summed E-state index contributed by atoms with van der Waals surface area (Å²) in [5.74, 6) is 0. The zero-order chi connectivity index (χ0) is 19.9. The lowest BCUT2D eigenvalue weighted by Crippen LogP contribution is -2.59. The second kappa shape index (κ2) is 10.9. The van der Waals surface area contributed by atoms with Crippen LogP contribution >= 0.6 is 0 Å². The SMILES string of the molecule is C[SiH](C)CN(CCCOCCCN([Si](C)(C)C)[Si](C)(C)C)[Si](C)(C)C. The largest absolute Gasteiger partial charge is 0.381 e. The molecule has 0 fully saturated rings. The van der Waals surface area contributed by atoms with E-state index in [4.69, 9.17) is 4.74 Å². The van der Waals surface area contributed by atoms with Crippen LogP contribution in [0.1, 0.15) is 12.8 Å². The van der Waals surface area contributed by atoms with Gasteiger partial charge in [-0.05, 0) is 32.1 Å². The minimum absolute atomic E-state index is 0.521. The first-order valence-electron chi connectivity index (χ1n) is 10.3. The second-order valence-corrected chi connectivity index (χ2v) is 29.2. The monoisotopic (exact) mass is 420 g/mol. The first-order valence-corrected chi connectivity index (χ1v) is 23.7. The first kappa shape index (κ1) is 25.7. The quantitative estimate of drug-likeness (QED) is 0.311. The van der Waals surface area contributed by atoms with Gasteiger partial charge >= 0.3 is 0 Å². The molecule has 0 bridgehead atoms. The van der Waals surface area contributed by atoms with Crippen molar-refractivity contribution in [2.24, 2.45) is 0 Å². The topological polar surface area (TPSA) is 15.7 Å². The van der Waals surface area contributed by atoms with Crippen molar-refractivity contribution in [3.05, 3.63) is 0 Å². The summed E-state index contributed by atoms with van der Waals surface area (Å²) >= 11 is 0. The van der Waals surface area contributed by atoms with Gasteiger partial charge in [0.25, 0.3) is 0 Å². The Morgan fingerprint density at radius 3 is 1.48 bits per heavy atom. The average Bonchev–Trinajstić information content (AvgIpc) is 2.35. The van der Waals surface area contributed by atoms with Crippen molar-refractivity contribution in [2.75, 3.05) is 32.5 Å². The van der Waals surface area contributed by atoms with Gasteiger partial charge in [-0.1, -0.05) is 72.0 Å². The van der Waals surface area contributed by atoms with Crippen molar-refractivity contribution in [2.45, 2.75) is 84.9 Å². The molecule has 0 spiro atoms. The van der Waals surface area contributed by atoms with Gasteiger partial charge in [0, 0.05) is 22.0 Å². The Bertz CT molecular complexity index is 346. The van der Waals surface area contributed by atoms with E-state index in [0.29, 0.717) is 0 Å². The lowest BCUT2D eigenvalue weighted by Gasteiger charge is -2.43. The molecular weight excluding hydrogens is 373 g/mol. The molecule has 0 aliphatic rings. The zero-order valence-corrected chi connectivity index (χ0v) is 23.5. The Morgan fingerprint density at radius 1 is 0.680 bits per heavy atom. The minimum atomic E-state index is -1.21. The van der Waals surface area contributed by atoms with E-state index in [1.54, 1.807) is 0 Å². The highest BCUT2D eigenvalue weighted by Crippen LogP contribution is 2.19. The van der Waals surface area contributed by atoms with Crippen LogP contribution in [0.5, 0.6) is 0 Å². The van der Waals surface area contributed by atoms with Crippen LogP contribution in [-0.4, -0.2) is 74.8 Å². The molecule has 0 heterocycles. The summed E-state index contributed by atoms with van der Waals surface area (Å²) in [5.41, 5.74) is 0. The molecule has 152 valence electrons. The molecule has 0 aromatic carbocycles. The van der Waals surface area contributed by atoms with E-state index in [1.807, 2.05) is 0 Å². The van der Waals surface area contributed by atoms with Crippen LogP contribution < -0.4 is 0 Å². The lowest BCUT2D eigenvalue weighted by atomic mass is 10.4. The Labute approximate surface area is 164 Å². The van der Waals surface area contributed by atoms with Gasteiger partial charge in [0.2, 0.25) is 0 Å². The maximum Gasteiger partial charge on any atom is 0.118 e. The molecule has 0 saturated carbocycles. The van der Waals surface area contributed by atoms with Gasteiger partial charge in [0.1, 0.15) is 24.7 Å². The third-order valence-electron chi connectivity index (χ3n) is 4.54. The predicted octanol–water partition coefficient (Wildman–Crippen LogP) is 4.92. The van der Waals surface area contributed by atoms with Gasteiger partial charge in [0.15, 0.2) is 0 Å². The van der Waals surface area contributed by atoms with Crippen molar-refractivity contribution < 1.29 is 4.74 Å². The first-order chi connectivity index (χ1) is 11.2. The van der Waals surface area contributed by atoms with E-state index in [-0.39, 0.29) is 0 Å². The lowest BCUT2D eigenvalue weighted by molar-refractivity contribution is 0.124. The molecule has 0 amide bonds. The molecule has 0 N–H and O–H groups in total. The summed E-state index contributed by atoms with van der Waals surface area (Å²) in [5, 5.41) is 0. The van der Waals surface area contributed by atoms with E-state index in [0.717, 1.165) is 13.2 Å². The second-order valence-electron chi connectivity index (χ2n) is 10.8. The number of hydrogen-bond acceptors (Lipinski definition) is 3. The van der Waals surface area contributed by atoms with Crippen LogP contribution in [0.3, 0.4) is 0 Å². The maximum atomic E-state index is 5.98. The van der Waals surface area contributed by atoms with Crippen LogP contribution in [0.2, 0.25) is 72.0 Å². The van der Waals surface area contributed by atoms with E-state index >= 15 is 0 Å². The van der Waals surface area contributed by atoms with Gasteiger partial charge in [0.05, 0.1) is 0 Å². The molecule has 0 aromatic heterocycles. The molecule has 0 saturated heterocycles. The van der Waals surface area contributed by atoms with Crippen molar-refractivity contribution in [3.8, 4) is 0 Å². The highest BCUT2D eigenvalue weighted by atomic mass is 28.4. The maximum absolute atomic E-state index is 5.98. The normalized spacial score (nSPS) is 14.2. The number of hydrogen-bond donors (Lipinski definition) is 0. The molecule has 0 aliphatic carbocycles. The third-order valence-corrected chi connectivity index (χ3v) is 16.1. The molecule has 0 aromatic rings. The van der Waals surface area contributed by atoms with Crippen LogP contribution in [0.25, 0.3) is 0 Å². The predicted molar refractivity (Wildman–Crippen MR) is 127 cm³/mol. The Kier molecular flexibility index (Phi) is 11.2. The van der Waals surface area contributed by atoms with E-state index in [2.05, 4.69) is 80.8 Å². The molecule has 7 heteroatoms. The highest BCUT2D eigenvalue weighted by molar-refractivity contribution is 6.89. The summed E-state index contributed by atoms with van der Waals surface area (Å²) in [6, 6.07) is 0. The molecule has 25 heavy (non-hydrogen) atoms. The van der Waals surface area contributed by atoms with Gasteiger partial charge in [-0.2, -0.15) is 0 Å². The Hall–Kier alpha value is 0.748. The standard InChI is InChI=1S/C18H48N2OSi4/c1-22(2)18-19(23(3,4)5)14-12-16-21-17-13-15-20(24(6,7)8)25(9,10)11/h22H,12-18H2,1-11H3. The summed E-state index contributed by atoms with van der Waals surface area (Å²) in [6.07, 6.45) is 3.75. The number of ether oxygens (including phenoxy) is 1. The number of nitrogens with zero attached hydrogens (tertiary/aromatic N) is 2. The molecular formula is C18H48N2OSi4. The number of rotatable bonds is 13. The molecule has 0 unspecified atom stereocenters. The van der Waals surface area contributed by atoms with Crippen molar-refractivity contribution in [1.29, 1.82) is 0 Å². The van der Waals surface area contributed by atoms with Crippen LogP contribution in [0, 0.1) is 0 Å². The fourth-order valence-corrected chi connectivity index (χ4v) is 18.5. The van der Waals surface area contributed by atoms with Gasteiger partial charge in [-0.15, -0.1) is 0 Å². The average molecular weight is 421 g/mol. The van der Waals surface area contributed by atoms with Crippen molar-refractivity contribution >= 4 is 33.5 Å². The fourth-order valence-electron chi connectivity index (χ4n) is 3.60. The third kappa shape index (κ3) is 11.9. The fraction of sp³-hybridized carbons (Fsp3) is 1.00. The zero-order valence-electron chi connectivity index (χ0n) is 19.3. The molecule has 3 nitrogen and oxygen atoms in total. The minimum Gasteiger partial charge on any atom is -0.381 e. The summed E-state index contributed by atoms with van der Waals surface area (Å²) < 4.78 is 11.6. The summed E-state index contributed by atoms with van der Waals surface area (Å²) in [6.45, 7) is 31.6. The van der Waals surface area contributed by atoms with Crippen LogP contribution in [-0.2, 0) is 4.74 Å². The molecule has 0 radical (unpaired) electrons. The smallest absolute Gasteiger partial charge is 0.118 e. The van der Waals surface area contributed by atoms with E-state index < -0.39 is 33.5 Å². The van der Waals surface area contributed by atoms with Crippen LogP contribution in [0.15, 0.2) is 0 Å². The van der Waals surface area contributed by atoms with E-state index in [9.17, 15) is 0 Å². The van der Waals surface area contributed by atoms with Crippen LogP contribution in [0.4, 0.5) is 0 Å². The molecule has 0 rings (SSSR count). The van der Waals surface area contributed by atoms with Gasteiger partial charge in [-0.3, -0.25) is 0 Å². The Balaban J connectivity index is 4.09. The Morgan fingerprint density at radius 2 is 1.12 bits per heavy atom. The van der Waals surface area contributed by atoms with Gasteiger partial charge < -0.3 is 13.5 Å². The molecule has 0 aliphatic heterocycles. The van der Waals surface area contributed by atoms with Gasteiger partial charge in [-0.25, -0.2) is 0 Å². The highest BCUT2D eigenvalue weighted by Gasteiger charge is 2.33. The molecule has 0 atom stereocenters. The van der Waals surface area contributed by atoms with Crippen molar-refractivity contribution in [3.63, 3.8) is 0 Å². The summed E-state index contributed by atoms with van der Waals surface area (Å²) in [7, 11) is -4.10. The van der Waals surface area contributed by atoms with E-state index in [1.165, 1.54) is 32.1 Å².